The number of anilines is 1. The standard InChI is InChI=1S/C14H12BrFN4/c1-9(11-4-2-3-5-12(11)16)17-14-18-13-7-6-10(15)8-20(13)19-14/h2-9H,1H3,(H,17,19). The molecule has 0 aliphatic carbocycles. The highest BCUT2D eigenvalue weighted by molar-refractivity contribution is 9.10. The number of fused-ring (bicyclic) bond motifs is 1. The quantitative estimate of drug-likeness (QED) is 0.792. The van der Waals surface area contributed by atoms with Crippen LogP contribution in [0.1, 0.15) is 18.5 Å². The van der Waals surface area contributed by atoms with Gasteiger partial charge in [0, 0.05) is 16.2 Å². The minimum absolute atomic E-state index is 0.211. The van der Waals surface area contributed by atoms with Gasteiger partial charge in [-0.15, -0.1) is 5.10 Å². The molecule has 0 bridgehead atoms. The largest absolute Gasteiger partial charge is 0.346 e. The first-order valence-corrected chi connectivity index (χ1v) is 6.95. The van der Waals surface area contributed by atoms with Gasteiger partial charge in [0.2, 0.25) is 5.95 Å². The third-order valence-corrected chi connectivity index (χ3v) is 3.48. The Morgan fingerprint density at radius 3 is 2.85 bits per heavy atom. The summed E-state index contributed by atoms with van der Waals surface area (Å²) in [6.45, 7) is 1.88. The van der Waals surface area contributed by atoms with Crippen molar-refractivity contribution in [3.8, 4) is 0 Å². The lowest BCUT2D eigenvalue weighted by Gasteiger charge is -2.13. The van der Waals surface area contributed by atoms with Crippen LogP contribution in [0.2, 0.25) is 0 Å². The molecule has 1 N–H and O–H groups in total. The van der Waals surface area contributed by atoms with E-state index in [0.717, 1.165) is 10.1 Å². The Labute approximate surface area is 123 Å². The lowest BCUT2D eigenvalue weighted by Crippen LogP contribution is -2.09. The molecule has 0 saturated heterocycles. The first-order chi connectivity index (χ1) is 9.63. The molecular weight excluding hydrogens is 323 g/mol. The second-order valence-electron chi connectivity index (χ2n) is 4.47. The molecule has 20 heavy (non-hydrogen) atoms. The molecule has 3 aromatic rings. The van der Waals surface area contributed by atoms with Gasteiger partial charge in [-0.2, -0.15) is 4.98 Å². The summed E-state index contributed by atoms with van der Waals surface area (Å²) in [6, 6.07) is 10.2. The predicted molar refractivity (Wildman–Crippen MR) is 79.1 cm³/mol. The van der Waals surface area contributed by atoms with Crippen molar-refractivity contribution in [3.63, 3.8) is 0 Å². The van der Waals surface area contributed by atoms with Crippen molar-refractivity contribution >= 4 is 27.5 Å². The van der Waals surface area contributed by atoms with Crippen LogP contribution >= 0.6 is 15.9 Å². The predicted octanol–water partition coefficient (Wildman–Crippen LogP) is 3.80. The molecular formula is C14H12BrFN4. The fourth-order valence-corrected chi connectivity index (χ4v) is 2.34. The number of hydrogen-bond donors (Lipinski definition) is 1. The molecule has 2 heterocycles. The van der Waals surface area contributed by atoms with Gasteiger partial charge in [0.1, 0.15) is 5.82 Å². The second-order valence-corrected chi connectivity index (χ2v) is 5.39. The number of hydrogen-bond acceptors (Lipinski definition) is 3. The minimum atomic E-state index is -0.237. The number of benzene rings is 1. The van der Waals surface area contributed by atoms with E-state index in [1.54, 1.807) is 16.6 Å². The topological polar surface area (TPSA) is 42.2 Å². The van der Waals surface area contributed by atoms with Crippen molar-refractivity contribution in [2.45, 2.75) is 13.0 Å². The van der Waals surface area contributed by atoms with E-state index in [4.69, 9.17) is 0 Å². The zero-order valence-electron chi connectivity index (χ0n) is 10.7. The normalized spacial score (nSPS) is 12.6. The molecule has 0 radical (unpaired) electrons. The van der Waals surface area contributed by atoms with Crippen LogP contribution in [0.15, 0.2) is 47.1 Å². The lowest BCUT2D eigenvalue weighted by molar-refractivity contribution is 0.599. The van der Waals surface area contributed by atoms with E-state index in [1.807, 2.05) is 31.3 Å². The Kier molecular flexibility index (Phi) is 3.40. The van der Waals surface area contributed by atoms with E-state index in [0.29, 0.717) is 11.5 Å². The Balaban J connectivity index is 1.87. The maximum absolute atomic E-state index is 13.7. The Bertz CT molecular complexity index is 756. The van der Waals surface area contributed by atoms with Gasteiger partial charge in [-0.25, -0.2) is 8.91 Å². The number of nitrogens with zero attached hydrogens (tertiary/aromatic N) is 3. The lowest BCUT2D eigenvalue weighted by atomic mass is 10.1. The van der Waals surface area contributed by atoms with Gasteiger partial charge < -0.3 is 5.32 Å². The Morgan fingerprint density at radius 2 is 2.05 bits per heavy atom. The van der Waals surface area contributed by atoms with Crippen molar-refractivity contribution < 1.29 is 4.39 Å². The summed E-state index contributed by atoms with van der Waals surface area (Å²) < 4.78 is 16.3. The molecule has 0 fully saturated rings. The maximum Gasteiger partial charge on any atom is 0.243 e. The van der Waals surface area contributed by atoms with Crippen LogP contribution < -0.4 is 5.32 Å². The summed E-state index contributed by atoms with van der Waals surface area (Å²) in [5.41, 5.74) is 1.32. The first-order valence-electron chi connectivity index (χ1n) is 6.16. The summed E-state index contributed by atoms with van der Waals surface area (Å²) >= 11 is 3.38. The number of nitrogens with one attached hydrogen (secondary N) is 1. The zero-order chi connectivity index (χ0) is 14.1. The fraction of sp³-hybridized carbons (Fsp3) is 0.143. The molecule has 0 amide bonds. The van der Waals surface area contributed by atoms with E-state index in [-0.39, 0.29) is 11.9 Å². The molecule has 0 saturated carbocycles. The SMILES string of the molecule is CC(Nc1nc2ccc(Br)cn2n1)c1ccccc1F. The molecule has 1 atom stereocenters. The van der Waals surface area contributed by atoms with E-state index < -0.39 is 0 Å². The molecule has 3 rings (SSSR count). The molecule has 4 nitrogen and oxygen atoms in total. The van der Waals surface area contributed by atoms with Crippen LogP contribution in [0.3, 0.4) is 0 Å². The summed E-state index contributed by atoms with van der Waals surface area (Å²) in [6.07, 6.45) is 1.82. The van der Waals surface area contributed by atoms with Gasteiger partial charge in [-0.1, -0.05) is 18.2 Å². The first kappa shape index (κ1) is 13.1. The Morgan fingerprint density at radius 1 is 1.25 bits per heavy atom. The molecule has 0 spiro atoms. The highest BCUT2D eigenvalue weighted by atomic mass is 79.9. The molecule has 1 unspecified atom stereocenters. The van der Waals surface area contributed by atoms with Gasteiger partial charge >= 0.3 is 0 Å². The van der Waals surface area contributed by atoms with Crippen molar-refractivity contribution in [1.82, 2.24) is 14.6 Å². The van der Waals surface area contributed by atoms with Crippen molar-refractivity contribution in [1.29, 1.82) is 0 Å². The van der Waals surface area contributed by atoms with E-state index >= 15 is 0 Å². The van der Waals surface area contributed by atoms with Crippen LogP contribution in [0.4, 0.5) is 10.3 Å². The minimum Gasteiger partial charge on any atom is -0.346 e. The van der Waals surface area contributed by atoms with E-state index in [2.05, 4.69) is 31.3 Å². The van der Waals surface area contributed by atoms with Gasteiger partial charge in [0.15, 0.2) is 5.65 Å². The molecule has 102 valence electrons. The molecule has 0 aliphatic heterocycles. The second kappa shape index (κ2) is 5.20. The Hall–Kier alpha value is -1.95. The summed E-state index contributed by atoms with van der Waals surface area (Å²) in [4.78, 5) is 4.35. The average Bonchev–Trinajstić information content (AvgIpc) is 2.80. The van der Waals surface area contributed by atoms with Crippen LogP contribution in [-0.4, -0.2) is 14.6 Å². The summed E-state index contributed by atoms with van der Waals surface area (Å²) in [5.74, 6) is 0.234. The fourth-order valence-electron chi connectivity index (χ4n) is 2.02. The molecule has 1 aromatic carbocycles. The third kappa shape index (κ3) is 2.51. The number of pyridine rings is 1. The smallest absolute Gasteiger partial charge is 0.243 e. The zero-order valence-corrected chi connectivity index (χ0v) is 12.3. The van der Waals surface area contributed by atoms with E-state index in [9.17, 15) is 4.39 Å². The van der Waals surface area contributed by atoms with Crippen molar-refractivity contribution in [3.05, 3.63) is 58.4 Å². The molecule has 0 aliphatic rings. The summed E-state index contributed by atoms with van der Waals surface area (Å²) in [7, 11) is 0. The average molecular weight is 335 g/mol. The van der Waals surface area contributed by atoms with Gasteiger partial charge in [0.25, 0.3) is 0 Å². The number of aromatic nitrogens is 3. The van der Waals surface area contributed by atoms with Crippen LogP contribution in [-0.2, 0) is 0 Å². The maximum atomic E-state index is 13.7. The monoisotopic (exact) mass is 334 g/mol. The third-order valence-electron chi connectivity index (χ3n) is 3.01. The highest BCUT2D eigenvalue weighted by Crippen LogP contribution is 2.20. The van der Waals surface area contributed by atoms with Crippen molar-refractivity contribution in [2.75, 3.05) is 5.32 Å². The van der Waals surface area contributed by atoms with Crippen LogP contribution in [0, 0.1) is 5.82 Å². The number of rotatable bonds is 3. The molecule has 6 heteroatoms. The van der Waals surface area contributed by atoms with Crippen LogP contribution in [0.25, 0.3) is 5.65 Å². The van der Waals surface area contributed by atoms with Crippen molar-refractivity contribution in [2.24, 2.45) is 0 Å². The van der Waals surface area contributed by atoms with Crippen LogP contribution in [0.5, 0.6) is 0 Å². The van der Waals surface area contributed by atoms with Gasteiger partial charge in [-0.3, -0.25) is 0 Å². The number of halogens is 2. The van der Waals surface area contributed by atoms with E-state index in [1.165, 1.54) is 6.07 Å². The van der Waals surface area contributed by atoms with Gasteiger partial charge in [-0.05, 0) is 41.1 Å². The summed E-state index contributed by atoms with van der Waals surface area (Å²) in [5, 5.41) is 7.42. The molecule has 2 aromatic heterocycles. The van der Waals surface area contributed by atoms with Gasteiger partial charge in [0.05, 0.1) is 6.04 Å². The highest BCUT2D eigenvalue weighted by Gasteiger charge is 2.12.